The van der Waals surface area contributed by atoms with Crippen LogP contribution in [0.3, 0.4) is 0 Å². The van der Waals surface area contributed by atoms with Gasteiger partial charge in [0.25, 0.3) is 0 Å². The van der Waals surface area contributed by atoms with Gasteiger partial charge in [-0.25, -0.2) is 4.79 Å². The van der Waals surface area contributed by atoms with E-state index in [4.69, 9.17) is 10.5 Å². The summed E-state index contributed by atoms with van der Waals surface area (Å²) in [5.41, 5.74) is 8.35. The van der Waals surface area contributed by atoms with E-state index in [2.05, 4.69) is 26.6 Å². The quantitative estimate of drug-likeness (QED) is 0.118. The van der Waals surface area contributed by atoms with E-state index in [9.17, 15) is 14.7 Å². The molecule has 0 aliphatic heterocycles. The molecule has 0 radical (unpaired) electrons. The monoisotopic (exact) mass is 587 g/mol. The van der Waals surface area contributed by atoms with Gasteiger partial charge in [0.15, 0.2) is 0 Å². The maximum absolute atomic E-state index is 12.9. The lowest BCUT2D eigenvalue weighted by molar-refractivity contribution is -0.111. The van der Waals surface area contributed by atoms with Crippen molar-refractivity contribution >= 4 is 55.8 Å². The number of aromatic hydroxyl groups is 1. The molecule has 0 bridgehead atoms. The predicted octanol–water partition coefficient (Wildman–Crippen LogP) is 7.79. The van der Waals surface area contributed by atoms with Crippen LogP contribution in [0, 0.1) is 5.92 Å². The van der Waals surface area contributed by atoms with Gasteiger partial charge in [0.2, 0.25) is 5.91 Å². The Morgan fingerprint density at radius 1 is 0.949 bits per heavy atom. The number of anilines is 3. The number of para-hydroxylation sites is 2. The highest BCUT2D eigenvalue weighted by Crippen LogP contribution is 2.37. The fraction of sp³-hybridized carbons (Fsp3) is 0.161. The molecule has 7 nitrogen and oxygen atoms in total. The number of carbonyl (C=O) groups is 2. The summed E-state index contributed by atoms with van der Waals surface area (Å²) in [4.78, 5) is 25.3. The minimum Gasteiger partial charge on any atom is -0.507 e. The van der Waals surface area contributed by atoms with E-state index in [0.717, 1.165) is 15.4 Å². The number of nitrogens with one attached hydrogen (secondary N) is 2. The zero-order chi connectivity index (χ0) is 27.8. The molecule has 39 heavy (non-hydrogen) atoms. The highest BCUT2D eigenvalue weighted by Gasteiger charge is 2.26. The van der Waals surface area contributed by atoms with Crippen molar-refractivity contribution in [1.29, 1.82) is 0 Å². The number of amides is 2. The Labute approximate surface area is 235 Å². The van der Waals surface area contributed by atoms with E-state index < -0.39 is 12.2 Å². The van der Waals surface area contributed by atoms with E-state index in [1.54, 1.807) is 54.6 Å². The molecule has 200 valence electrons. The number of phenolic OH excluding ortho intramolecular Hbond substituents is 1. The largest absolute Gasteiger partial charge is 0.507 e. The van der Waals surface area contributed by atoms with E-state index >= 15 is 0 Å². The van der Waals surface area contributed by atoms with Gasteiger partial charge < -0.3 is 20.9 Å². The number of phenols is 1. The molecule has 4 aromatic carbocycles. The second-order valence-electron chi connectivity index (χ2n) is 9.21. The molecule has 0 fully saturated rings. The van der Waals surface area contributed by atoms with Crippen LogP contribution in [-0.4, -0.2) is 17.1 Å². The van der Waals surface area contributed by atoms with Crippen LogP contribution in [0.1, 0.15) is 31.4 Å². The number of fused-ring (bicyclic) bond motifs is 1. The molecule has 0 unspecified atom stereocenters. The third-order valence-corrected chi connectivity index (χ3v) is 6.89. The third-order valence-electron chi connectivity index (χ3n) is 6.36. The zero-order valence-electron chi connectivity index (χ0n) is 21.4. The molecule has 8 heteroatoms. The van der Waals surface area contributed by atoms with E-state index in [1.807, 2.05) is 43.3 Å². The van der Waals surface area contributed by atoms with Crippen molar-refractivity contribution in [2.45, 2.75) is 25.9 Å². The average Bonchev–Trinajstić information content (AvgIpc) is 2.93. The number of carbonyl (C=O) groups excluding carboxylic acids is 2. The van der Waals surface area contributed by atoms with Crippen LogP contribution >= 0.6 is 15.9 Å². The average molecular weight is 589 g/mol. The smallest absolute Gasteiger partial charge is 0.412 e. The molecule has 2 atom stereocenters. The summed E-state index contributed by atoms with van der Waals surface area (Å²) in [7, 11) is 0. The summed E-state index contributed by atoms with van der Waals surface area (Å²) in [6, 6.07) is 25.2. The van der Waals surface area contributed by atoms with Crippen LogP contribution in [-0.2, 0) is 9.53 Å². The second-order valence-corrected chi connectivity index (χ2v) is 10.1. The van der Waals surface area contributed by atoms with Crippen molar-refractivity contribution < 1.29 is 19.4 Å². The third kappa shape index (κ3) is 7.39. The molecular formula is C31H30BrN3O4. The van der Waals surface area contributed by atoms with Gasteiger partial charge in [-0.2, -0.15) is 0 Å². The summed E-state index contributed by atoms with van der Waals surface area (Å²) in [6.07, 6.45) is 3.31. The number of rotatable bonds is 9. The van der Waals surface area contributed by atoms with Gasteiger partial charge in [-0.1, -0.05) is 71.4 Å². The van der Waals surface area contributed by atoms with Crippen molar-refractivity contribution in [2.24, 2.45) is 5.92 Å². The lowest BCUT2D eigenvalue weighted by Crippen LogP contribution is -2.22. The summed E-state index contributed by atoms with van der Waals surface area (Å²) < 4.78 is 6.89. The number of hydrogen-bond donors (Lipinski definition) is 4. The van der Waals surface area contributed by atoms with Crippen LogP contribution in [0.2, 0.25) is 0 Å². The first-order valence-corrected chi connectivity index (χ1v) is 13.4. The van der Waals surface area contributed by atoms with Gasteiger partial charge in [-0.3, -0.25) is 10.1 Å². The molecule has 0 aromatic heterocycles. The number of nitrogen functional groups attached to an aromatic ring is 1. The highest BCUT2D eigenvalue weighted by atomic mass is 79.9. The van der Waals surface area contributed by atoms with Crippen molar-refractivity contribution in [3.63, 3.8) is 0 Å². The van der Waals surface area contributed by atoms with Crippen molar-refractivity contribution in [3.05, 3.63) is 107 Å². The number of ether oxygens (including phenoxy) is 1. The summed E-state index contributed by atoms with van der Waals surface area (Å²) in [5, 5.41) is 17.4. The lowest BCUT2D eigenvalue weighted by Gasteiger charge is -2.26. The molecule has 0 saturated heterocycles. The van der Waals surface area contributed by atoms with Crippen molar-refractivity contribution in [2.75, 3.05) is 16.4 Å². The van der Waals surface area contributed by atoms with Crippen LogP contribution in [0.5, 0.6) is 5.75 Å². The fourth-order valence-electron chi connectivity index (χ4n) is 4.32. The lowest BCUT2D eigenvalue weighted by atomic mass is 9.89. The first kappa shape index (κ1) is 27.7. The SMILES string of the molecule is C[C@@H](CC/C=C/C(=O)Nc1ccccc1N)[C@H](OC(=O)Nc1ccc(Br)cc1)c1ccc(O)c2ccccc12. The Kier molecular flexibility index (Phi) is 9.22. The Balaban J connectivity index is 1.48. The van der Waals surface area contributed by atoms with Crippen LogP contribution in [0.25, 0.3) is 10.8 Å². The fourth-order valence-corrected chi connectivity index (χ4v) is 4.59. The van der Waals surface area contributed by atoms with Crippen molar-refractivity contribution in [3.8, 4) is 5.75 Å². The predicted molar refractivity (Wildman–Crippen MR) is 160 cm³/mol. The van der Waals surface area contributed by atoms with Gasteiger partial charge in [-0.05, 0) is 72.7 Å². The summed E-state index contributed by atoms with van der Waals surface area (Å²) in [5.74, 6) is -0.217. The van der Waals surface area contributed by atoms with E-state index in [0.29, 0.717) is 35.3 Å². The van der Waals surface area contributed by atoms with Gasteiger partial charge in [0.05, 0.1) is 11.4 Å². The Morgan fingerprint density at radius 3 is 2.38 bits per heavy atom. The minimum atomic E-state index is -0.600. The van der Waals surface area contributed by atoms with E-state index in [1.165, 1.54) is 6.08 Å². The first-order chi connectivity index (χ1) is 18.8. The van der Waals surface area contributed by atoms with Crippen LogP contribution in [0.15, 0.2) is 102 Å². The van der Waals surface area contributed by atoms with Crippen molar-refractivity contribution in [1.82, 2.24) is 0 Å². The normalized spacial score (nSPS) is 12.7. The first-order valence-electron chi connectivity index (χ1n) is 12.6. The summed E-state index contributed by atoms with van der Waals surface area (Å²) in [6.45, 7) is 2.00. The van der Waals surface area contributed by atoms with Crippen LogP contribution < -0.4 is 16.4 Å². The number of halogens is 1. The highest BCUT2D eigenvalue weighted by molar-refractivity contribution is 9.10. The molecule has 0 aliphatic carbocycles. The number of hydrogen-bond acceptors (Lipinski definition) is 5. The molecule has 5 N–H and O–H groups in total. The molecule has 0 saturated carbocycles. The summed E-state index contributed by atoms with van der Waals surface area (Å²) >= 11 is 3.39. The second kappa shape index (κ2) is 13.0. The minimum absolute atomic E-state index is 0.105. The maximum Gasteiger partial charge on any atom is 0.412 e. The molecule has 0 spiro atoms. The topological polar surface area (TPSA) is 114 Å². The van der Waals surface area contributed by atoms with Gasteiger partial charge in [0.1, 0.15) is 11.9 Å². The molecule has 4 rings (SSSR count). The number of allylic oxidation sites excluding steroid dienone is 1. The maximum atomic E-state index is 12.9. The Bertz CT molecular complexity index is 1490. The molecular weight excluding hydrogens is 558 g/mol. The number of benzene rings is 4. The van der Waals surface area contributed by atoms with Gasteiger partial charge in [-0.15, -0.1) is 0 Å². The van der Waals surface area contributed by atoms with Gasteiger partial charge in [0, 0.05) is 21.1 Å². The Morgan fingerprint density at radius 2 is 1.64 bits per heavy atom. The zero-order valence-corrected chi connectivity index (χ0v) is 23.0. The van der Waals surface area contributed by atoms with Gasteiger partial charge >= 0.3 is 6.09 Å². The molecule has 4 aromatic rings. The van der Waals surface area contributed by atoms with E-state index in [-0.39, 0.29) is 17.6 Å². The van der Waals surface area contributed by atoms with Crippen LogP contribution in [0.4, 0.5) is 21.9 Å². The Hall–Kier alpha value is -4.30. The molecule has 0 aliphatic rings. The standard InChI is InChI=1S/C31H30BrN3O4/c1-20(8-2-7-13-29(37)35-27-12-6-5-11-26(27)33)30(39-31(38)34-22-16-14-21(32)15-17-22)25-18-19-28(36)24-10-4-3-9-23(24)25/h3-7,9-20,30,36H,2,8,33H2,1H3,(H,34,38)(H,35,37)/b13-7+/t20-,30-/m0/s1. The molecule has 2 amide bonds. The number of nitrogens with two attached hydrogens (primary N) is 1. The molecule has 0 heterocycles.